The van der Waals surface area contributed by atoms with Crippen molar-refractivity contribution in [2.24, 2.45) is 0 Å². The molecule has 1 heterocycles. The van der Waals surface area contributed by atoms with Crippen LogP contribution in [0.25, 0.3) is 11.1 Å². The fourth-order valence-corrected chi connectivity index (χ4v) is 2.55. The van der Waals surface area contributed by atoms with Gasteiger partial charge in [-0.05, 0) is 37.1 Å². The van der Waals surface area contributed by atoms with E-state index in [1.165, 1.54) is 0 Å². The number of para-hydroxylation sites is 2. The number of carbonyl (C=O) groups excluding carboxylic acids is 2. The maximum absolute atomic E-state index is 11.7. The first-order valence-electron chi connectivity index (χ1n) is 8.62. The van der Waals surface area contributed by atoms with Crippen molar-refractivity contribution in [1.82, 2.24) is 10.5 Å². The molecule has 0 spiro atoms. The number of benzene rings is 2. The van der Waals surface area contributed by atoms with Crippen molar-refractivity contribution in [2.75, 3.05) is 0 Å². The predicted octanol–water partition coefficient (Wildman–Crippen LogP) is 3.82. The van der Waals surface area contributed by atoms with E-state index in [9.17, 15) is 9.59 Å². The van der Waals surface area contributed by atoms with Gasteiger partial charge in [0.15, 0.2) is 11.5 Å². The molecule has 134 valence electrons. The summed E-state index contributed by atoms with van der Waals surface area (Å²) < 4.78 is 5.65. The van der Waals surface area contributed by atoms with E-state index >= 15 is 0 Å². The number of unbranched alkanes of at least 4 members (excludes halogenated alkanes) is 2. The number of aromatic nitrogens is 1. The quantitative estimate of drug-likeness (QED) is 0.516. The first kappa shape index (κ1) is 17.7. The largest absolute Gasteiger partial charge is 0.441 e. The average Bonchev–Trinajstić information content (AvgIpc) is 3.09. The number of aryl methyl sites for hydroxylation is 1. The Morgan fingerprint density at radius 3 is 2.54 bits per heavy atom. The van der Waals surface area contributed by atoms with Gasteiger partial charge in [0, 0.05) is 12.8 Å². The Labute approximate surface area is 151 Å². The van der Waals surface area contributed by atoms with Gasteiger partial charge in [-0.2, -0.15) is 5.48 Å². The fourth-order valence-electron chi connectivity index (χ4n) is 2.55. The molecule has 1 aromatic heterocycles. The second-order valence-electron chi connectivity index (χ2n) is 5.92. The molecule has 0 unspecified atom stereocenters. The normalized spacial score (nSPS) is 10.6. The summed E-state index contributed by atoms with van der Waals surface area (Å²) in [6.45, 7) is 0. The number of carbonyl (C=O) groups is 2. The number of rotatable bonds is 7. The molecule has 0 aliphatic rings. The molecule has 3 aromatic rings. The highest BCUT2D eigenvalue weighted by Crippen LogP contribution is 2.16. The molecule has 26 heavy (non-hydrogen) atoms. The van der Waals surface area contributed by atoms with Crippen LogP contribution in [0.2, 0.25) is 0 Å². The third-order valence-electron chi connectivity index (χ3n) is 3.90. The Kier molecular flexibility index (Phi) is 5.98. The summed E-state index contributed by atoms with van der Waals surface area (Å²) in [4.78, 5) is 32.6. The van der Waals surface area contributed by atoms with Gasteiger partial charge >= 0.3 is 5.97 Å². The van der Waals surface area contributed by atoms with Gasteiger partial charge in [-0.25, -0.2) is 9.78 Å². The van der Waals surface area contributed by atoms with E-state index in [2.05, 4.69) is 10.5 Å². The maximum Gasteiger partial charge on any atom is 0.362 e. The zero-order valence-electron chi connectivity index (χ0n) is 14.3. The predicted molar refractivity (Wildman–Crippen MR) is 96.2 cm³/mol. The second kappa shape index (κ2) is 8.80. The highest BCUT2D eigenvalue weighted by Gasteiger charge is 2.09. The van der Waals surface area contributed by atoms with Gasteiger partial charge in [0.2, 0.25) is 0 Å². The lowest BCUT2D eigenvalue weighted by molar-refractivity contribution is -0.130. The Bertz CT molecular complexity index is 841. The van der Waals surface area contributed by atoms with E-state index in [0.717, 1.165) is 30.4 Å². The van der Waals surface area contributed by atoms with E-state index in [-0.39, 0.29) is 5.91 Å². The Morgan fingerprint density at radius 2 is 1.73 bits per heavy atom. The minimum atomic E-state index is -0.574. The van der Waals surface area contributed by atoms with E-state index in [4.69, 9.17) is 9.25 Å². The number of nitrogens with zero attached hydrogens (tertiary/aromatic N) is 1. The molecule has 0 saturated carbocycles. The van der Waals surface area contributed by atoms with Crippen LogP contribution in [-0.2, 0) is 16.1 Å². The summed E-state index contributed by atoms with van der Waals surface area (Å²) in [5, 5.41) is 0. The van der Waals surface area contributed by atoms with E-state index in [1.54, 1.807) is 30.3 Å². The van der Waals surface area contributed by atoms with Gasteiger partial charge in [-0.1, -0.05) is 36.8 Å². The molecule has 0 saturated heterocycles. The lowest BCUT2D eigenvalue weighted by Crippen LogP contribution is -2.26. The van der Waals surface area contributed by atoms with Crippen LogP contribution in [0.5, 0.6) is 0 Å². The SMILES string of the molecule is O=C(CCCCCc1nc2ccccc2o1)NOC(=O)c1ccccc1. The zero-order chi connectivity index (χ0) is 18.2. The highest BCUT2D eigenvalue weighted by atomic mass is 16.7. The summed E-state index contributed by atoms with van der Waals surface area (Å²) in [7, 11) is 0. The number of amides is 1. The molecular formula is C20H20N2O4. The molecule has 3 rings (SSSR count). The van der Waals surface area contributed by atoms with Crippen LogP contribution in [0.15, 0.2) is 59.0 Å². The van der Waals surface area contributed by atoms with Crippen molar-refractivity contribution in [3.8, 4) is 0 Å². The summed E-state index contributed by atoms with van der Waals surface area (Å²) in [6, 6.07) is 16.2. The molecule has 2 aromatic carbocycles. The number of oxazole rings is 1. The monoisotopic (exact) mass is 352 g/mol. The number of hydrogen-bond donors (Lipinski definition) is 1. The first-order chi connectivity index (χ1) is 12.7. The summed E-state index contributed by atoms with van der Waals surface area (Å²) in [6.07, 6.45) is 3.48. The maximum atomic E-state index is 11.7. The highest BCUT2D eigenvalue weighted by molar-refractivity contribution is 5.90. The number of hydroxylamine groups is 1. The van der Waals surface area contributed by atoms with Gasteiger partial charge in [-0.15, -0.1) is 0 Å². The topological polar surface area (TPSA) is 81.4 Å². The van der Waals surface area contributed by atoms with Crippen molar-refractivity contribution in [3.63, 3.8) is 0 Å². The number of hydrogen-bond acceptors (Lipinski definition) is 5. The van der Waals surface area contributed by atoms with Crippen LogP contribution in [-0.4, -0.2) is 16.9 Å². The molecule has 0 bridgehead atoms. The molecule has 1 amide bonds. The van der Waals surface area contributed by atoms with Crippen molar-refractivity contribution < 1.29 is 18.8 Å². The zero-order valence-corrected chi connectivity index (χ0v) is 14.3. The van der Waals surface area contributed by atoms with Crippen molar-refractivity contribution in [3.05, 3.63) is 66.1 Å². The van der Waals surface area contributed by atoms with Crippen LogP contribution in [0.3, 0.4) is 0 Å². The summed E-state index contributed by atoms with van der Waals surface area (Å²) in [5.74, 6) is -0.168. The molecule has 0 radical (unpaired) electrons. The molecule has 0 aliphatic heterocycles. The Morgan fingerprint density at radius 1 is 0.962 bits per heavy atom. The lowest BCUT2D eigenvalue weighted by Gasteiger charge is -2.05. The van der Waals surface area contributed by atoms with Crippen molar-refractivity contribution in [2.45, 2.75) is 32.1 Å². The van der Waals surface area contributed by atoms with Crippen LogP contribution in [0, 0.1) is 0 Å². The number of fused-ring (bicyclic) bond motifs is 1. The third kappa shape index (κ3) is 4.92. The third-order valence-corrected chi connectivity index (χ3v) is 3.90. The van der Waals surface area contributed by atoms with Crippen LogP contribution in [0.1, 0.15) is 41.9 Å². The van der Waals surface area contributed by atoms with Crippen LogP contribution < -0.4 is 5.48 Å². The average molecular weight is 352 g/mol. The van der Waals surface area contributed by atoms with E-state index in [0.29, 0.717) is 24.3 Å². The van der Waals surface area contributed by atoms with Gasteiger partial charge in [0.05, 0.1) is 5.56 Å². The molecule has 1 N–H and O–H groups in total. The lowest BCUT2D eigenvalue weighted by atomic mass is 10.1. The smallest absolute Gasteiger partial charge is 0.362 e. The molecule has 0 atom stereocenters. The summed E-state index contributed by atoms with van der Waals surface area (Å²) in [5.41, 5.74) is 4.24. The second-order valence-corrected chi connectivity index (χ2v) is 5.92. The standard InChI is InChI=1S/C20H20N2O4/c23-18(22-26-20(24)15-9-3-1-4-10-15)13-5-2-6-14-19-21-16-11-7-8-12-17(16)25-19/h1,3-4,7-12H,2,5-6,13-14H2,(H,22,23). The minimum absolute atomic E-state index is 0.301. The minimum Gasteiger partial charge on any atom is -0.441 e. The van der Waals surface area contributed by atoms with Crippen molar-refractivity contribution in [1.29, 1.82) is 0 Å². The molecule has 6 heteroatoms. The van der Waals surface area contributed by atoms with Gasteiger partial charge in [-0.3, -0.25) is 4.79 Å². The summed E-state index contributed by atoms with van der Waals surface area (Å²) >= 11 is 0. The molecule has 0 fully saturated rings. The van der Waals surface area contributed by atoms with Gasteiger partial charge < -0.3 is 9.25 Å². The van der Waals surface area contributed by atoms with E-state index in [1.807, 2.05) is 24.3 Å². The number of nitrogens with one attached hydrogen (secondary N) is 1. The molecular weight excluding hydrogens is 332 g/mol. The fraction of sp³-hybridized carbons (Fsp3) is 0.250. The van der Waals surface area contributed by atoms with Gasteiger partial charge in [0.25, 0.3) is 5.91 Å². The Hall–Kier alpha value is -3.15. The Balaban J connectivity index is 1.31. The van der Waals surface area contributed by atoms with Crippen LogP contribution >= 0.6 is 0 Å². The van der Waals surface area contributed by atoms with Gasteiger partial charge in [0.1, 0.15) is 5.52 Å². The first-order valence-corrected chi connectivity index (χ1v) is 8.62. The van der Waals surface area contributed by atoms with E-state index < -0.39 is 5.97 Å². The van der Waals surface area contributed by atoms with Crippen LogP contribution in [0.4, 0.5) is 0 Å². The van der Waals surface area contributed by atoms with Crippen molar-refractivity contribution >= 4 is 23.0 Å². The molecule has 0 aliphatic carbocycles. The molecule has 6 nitrogen and oxygen atoms in total.